The molecule has 0 spiro atoms. The Morgan fingerprint density at radius 3 is 1.80 bits per heavy atom. The van der Waals surface area contributed by atoms with Crippen LogP contribution < -0.4 is 5.73 Å². The molecule has 2 N–H and O–H groups in total. The summed E-state index contributed by atoms with van der Waals surface area (Å²) in [5.41, 5.74) is 7.01. The van der Waals surface area contributed by atoms with Gasteiger partial charge in [0.1, 0.15) is 0 Å². The average Bonchev–Trinajstić information content (AvgIpc) is 2.62. The first-order valence-electron chi connectivity index (χ1n) is 7.12. The van der Waals surface area contributed by atoms with Crippen LogP contribution >= 0.6 is 0 Å². The van der Waals surface area contributed by atoms with Crippen molar-refractivity contribution in [1.29, 1.82) is 0 Å². The van der Waals surface area contributed by atoms with E-state index in [1.165, 1.54) is 64.2 Å². The molecule has 0 saturated heterocycles. The van der Waals surface area contributed by atoms with Gasteiger partial charge in [0.05, 0.1) is 0 Å². The monoisotopic (exact) mass is 207 g/mol. The van der Waals surface area contributed by atoms with Gasteiger partial charge in [0, 0.05) is 5.54 Å². The van der Waals surface area contributed by atoms with Crippen molar-refractivity contribution in [1.82, 2.24) is 0 Å². The van der Waals surface area contributed by atoms with E-state index in [0.717, 1.165) is 17.8 Å². The Morgan fingerprint density at radius 1 is 0.667 bits per heavy atom. The number of hydrogen-bond donors (Lipinski definition) is 1. The molecular formula is C14H25N. The van der Waals surface area contributed by atoms with Crippen LogP contribution in [0.5, 0.6) is 0 Å². The molecule has 3 fully saturated rings. The Balaban J connectivity index is 1.65. The van der Waals surface area contributed by atoms with Gasteiger partial charge in [0.2, 0.25) is 0 Å². The molecule has 0 aromatic rings. The lowest BCUT2D eigenvalue weighted by molar-refractivity contribution is 0.270. The van der Waals surface area contributed by atoms with Gasteiger partial charge in [0.15, 0.2) is 0 Å². The van der Waals surface area contributed by atoms with Crippen molar-refractivity contribution in [2.45, 2.75) is 69.7 Å². The summed E-state index contributed by atoms with van der Waals surface area (Å²) in [6, 6.07) is 0. The molecule has 1 nitrogen and oxygen atoms in total. The second-order valence-electron chi connectivity index (χ2n) is 6.19. The molecule has 0 radical (unpaired) electrons. The van der Waals surface area contributed by atoms with Crippen LogP contribution in [0.25, 0.3) is 0 Å². The average molecular weight is 207 g/mol. The molecule has 3 aliphatic carbocycles. The molecule has 86 valence electrons. The smallest absolute Gasteiger partial charge is 0.0246 e. The van der Waals surface area contributed by atoms with Crippen LogP contribution in [0.15, 0.2) is 0 Å². The van der Waals surface area contributed by atoms with Gasteiger partial charge in [-0.15, -0.1) is 0 Å². The summed E-state index contributed by atoms with van der Waals surface area (Å²) in [5.74, 6) is 2.75. The standard InChI is InChI=1S/C14H25N/c15-14(12-9-6-10-13(12)14)11-7-4-2-1-3-5-8-11/h11-13H,1-10,15H2. The van der Waals surface area contributed by atoms with Crippen LogP contribution in [0.2, 0.25) is 0 Å². The van der Waals surface area contributed by atoms with Gasteiger partial charge in [-0.2, -0.15) is 0 Å². The molecule has 0 aromatic heterocycles. The molecule has 0 aromatic carbocycles. The molecule has 3 aliphatic rings. The highest BCUT2D eigenvalue weighted by Gasteiger charge is 2.66. The minimum absolute atomic E-state index is 0.315. The summed E-state index contributed by atoms with van der Waals surface area (Å²) in [7, 11) is 0. The van der Waals surface area contributed by atoms with E-state index in [0.29, 0.717) is 5.54 Å². The summed E-state index contributed by atoms with van der Waals surface area (Å²) in [6.45, 7) is 0. The van der Waals surface area contributed by atoms with E-state index in [1.807, 2.05) is 0 Å². The van der Waals surface area contributed by atoms with Gasteiger partial charge in [-0.1, -0.05) is 38.5 Å². The zero-order valence-electron chi connectivity index (χ0n) is 9.88. The van der Waals surface area contributed by atoms with Crippen molar-refractivity contribution in [2.75, 3.05) is 0 Å². The van der Waals surface area contributed by atoms with E-state index < -0.39 is 0 Å². The first-order valence-corrected chi connectivity index (χ1v) is 7.12. The normalized spacial score (nSPS) is 47.0. The van der Waals surface area contributed by atoms with Crippen molar-refractivity contribution in [3.63, 3.8) is 0 Å². The molecule has 3 saturated carbocycles. The molecule has 0 heterocycles. The van der Waals surface area contributed by atoms with Crippen LogP contribution in [-0.4, -0.2) is 5.54 Å². The van der Waals surface area contributed by atoms with Crippen molar-refractivity contribution >= 4 is 0 Å². The van der Waals surface area contributed by atoms with Crippen LogP contribution in [0.3, 0.4) is 0 Å². The number of nitrogens with two attached hydrogens (primary N) is 1. The summed E-state index contributed by atoms with van der Waals surface area (Å²) in [5, 5.41) is 0. The van der Waals surface area contributed by atoms with E-state index in [9.17, 15) is 0 Å². The minimum atomic E-state index is 0.315. The van der Waals surface area contributed by atoms with Gasteiger partial charge >= 0.3 is 0 Å². The lowest BCUT2D eigenvalue weighted by Crippen LogP contribution is -2.38. The molecule has 0 aliphatic heterocycles. The van der Waals surface area contributed by atoms with E-state index >= 15 is 0 Å². The highest BCUT2D eigenvalue weighted by molar-refractivity contribution is 5.20. The fraction of sp³-hybridized carbons (Fsp3) is 1.00. The third-order valence-electron chi connectivity index (χ3n) is 5.50. The molecule has 0 bridgehead atoms. The molecule has 15 heavy (non-hydrogen) atoms. The van der Waals surface area contributed by atoms with Gasteiger partial charge in [-0.25, -0.2) is 0 Å². The number of hydrogen-bond acceptors (Lipinski definition) is 1. The first-order chi connectivity index (χ1) is 7.33. The summed E-state index contributed by atoms with van der Waals surface area (Å²) in [4.78, 5) is 0. The summed E-state index contributed by atoms with van der Waals surface area (Å²) in [6.07, 6.45) is 14.5. The fourth-order valence-corrected chi connectivity index (χ4v) is 4.61. The second-order valence-corrected chi connectivity index (χ2v) is 6.19. The molecule has 2 atom stereocenters. The van der Waals surface area contributed by atoms with Crippen LogP contribution in [0.1, 0.15) is 64.2 Å². The lowest BCUT2D eigenvalue weighted by atomic mass is 9.81. The summed E-state index contributed by atoms with van der Waals surface area (Å²) < 4.78 is 0. The highest BCUT2D eigenvalue weighted by atomic mass is 14.9. The highest BCUT2D eigenvalue weighted by Crippen LogP contribution is 2.63. The molecule has 3 rings (SSSR count). The third kappa shape index (κ3) is 1.54. The second kappa shape index (κ2) is 3.76. The van der Waals surface area contributed by atoms with Crippen LogP contribution in [0, 0.1) is 17.8 Å². The van der Waals surface area contributed by atoms with Crippen molar-refractivity contribution in [3.05, 3.63) is 0 Å². The Hall–Kier alpha value is -0.0400. The first kappa shape index (κ1) is 10.1. The van der Waals surface area contributed by atoms with Gasteiger partial charge in [0.25, 0.3) is 0 Å². The summed E-state index contributed by atoms with van der Waals surface area (Å²) >= 11 is 0. The topological polar surface area (TPSA) is 26.0 Å². The van der Waals surface area contributed by atoms with E-state index in [4.69, 9.17) is 5.73 Å². The predicted octanol–water partition coefficient (Wildman–Crippen LogP) is 3.47. The maximum Gasteiger partial charge on any atom is 0.0246 e. The van der Waals surface area contributed by atoms with Crippen molar-refractivity contribution < 1.29 is 0 Å². The quantitative estimate of drug-likeness (QED) is 0.700. The maximum absolute atomic E-state index is 6.69. The van der Waals surface area contributed by atoms with E-state index in [-0.39, 0.29) is 0 Å². The van der Waals surface area contributed by atoms with E-state index in [1.54, 1.807) is 0 Å². The molecular weight excluding hydrogens is 182 g/mol. The minimum Gasteiger partial charge on any atom is -0.324 e. The lowest BCUT2D eigenvalue weighted by Gasteiger charge is -2.29. The number of rotatable bonds is 1. The number of fused-ring (bicyclic) bond motifs is 1. The fourth-order valence-electron chi connectivity index (χ4n) is 4.61. The SMILES string of the molecule is NC1(C2CCCCCCC2)C2CCCC21. The Morgan fingerprint density at radius 2 is 1.20 bits per heavy atom. The Labute approximate surface area is 93.8 Å². The van der Waals surface area contributed by atoms with Gasteiger partial charge in [-0.05, 0) is 43.4 Å². The van der Waals surface area contributed by atoms with Crippen molar-refractivity contribution in [2.24, 2.45) is 23.5 Å². The predicted molar refractivity (Wildman–Crippen MR) is 63.6 cm³/mol. The van der Waals surface area contributed by atoms with Gasteiger partial charge < -0.3 is 5.73 Å². The maximum atomic E-state index is 6.69. The van der Waals surface area contributed by atoms with E-state index in [2.05, 4.69) is 0 Å². The molecule has 1 heteroatoms. The zero-order chi connectivity index (χ0) is 10.3. The third-order valence-corrected chi connectivity index (χ3v) is 5.50. The van der Waals surface area contributed by atoms with Crippen molar-refractivity contribution in [3.8, 4) is 0 Å². The molecule has 2 unspecified atom stereocenters. The Bertz CT molecular complexity index is 217. The van der Waals surface area contributed by atoms with Crippen LogP contribution in [0.4, 0.5) is 0 Å². The molecule has 0 amide bonds. The zero-order valence-corrected chi connectivity index (χ0v) is 9.88. The largest absolute Gasteiger partial charge is 0.324 e. The van der Waals surface area contributed by atoms with Crippen LogP contribution in [-0.2, 0) is 0 Å². The Kier molecular flexibility index (Phi) is 2.54. The van der Waals surface area contributed by atoms with Gasteiger partial charge in [-0.3, -0.25) is 0 Å².